The minimum absolute atomic E-state index is 0.398. The first kappa shape index (κ1) is 10.4. The van der Waals surface area contributed by atoms with Crippen molar-refractivity contribution in [2.45, 2.75) is 19.8 Å². The molecular weight excluding hydrogens is 166 g/mol. The molecule has 5 nitrogen and oxygen atoms in total. The molecule has 0 unspecified atom stereocenters. The molecule has 0 spiro atoms. The van der Waals surface area contributed by atoms with Gasteiger partial charge in [-0.15, -0.1) is 0 Å². The Bertz CT molecular complexity index is 232. The van der Waals surface area contributed by atoms with E-state index in [2.05, 4.69) is 9.71 Å². The zero-order chi connectivity index (χ0) is 8.91. The van der Waals surface area contributed by atoms with Crippen LogP contribution < -0.4 is 9.86 Å². The zero-order valence-electron chi connectivity index (χ0n) is 6.66. The lowest BCUT2D eigenvalue weighted by Gasteiger charge is -2.04. The highest BCUT2D eigenvalue weighted by Gasteiger charge is 2.03. The monoisotopic (exact) mass is 179 g/mol. The van der Waals surface area contributed by atoms with Crippen LogP contribution >= 0.6 is 0 Å². The Balaban J connectivity index is 4.12. The number of nitrogens with zero attached hydrogens (tertiary/aromatic N) is 1. The van der Waals surface area contributed by atoms with Crippen LogP contribution in [-0.2, 0) is 10.2 Å². The third-order valence-corrected chi connectivity index (χ3v) is 1.54. The van der Waals surface area contributed by atoms with Crippen LogP contribution in [0.4, 0.5) is 0 Å². The van der Waals surface area contributed by atoms with Crippen molar-refractivity contribution < 1.29 is 8.42 Å². The highest BCUT2D eigenvalue weighted by atomic mass is 32.2. The number of rotatable bonds is 3. The highest BCUT2D eigenvalue weighted by molar-refractivity contribution is 7.87. The molecule has 3 N–H and O–H groups in total. The van der Waals surface area contributed by atoms with Gasteiger partial charge in [0.2, 0.25) is 0 Å². The van der Waals surface area contributed by atoms with Gasteiger partial charge in [0.25, 0.3) is 10.2 Å². The van der Waals surface area contributed by atoms with Gasteiger partial charge in [-0.3, -0.25) is 9.71 Å². The Kier molecular flexibility index (Phi) is 4.06. The molecule has 0 aliphatic heterocycles. The van der Waals surface area contributed by atoms with E-state index in [4.69, 9.17) is 5.14 Å². The Morgan fingerprint density at radius 1 is 1.64 bits per heavy atom. The predicted octanol–water partition coefficient (Wildman–Crippen LogP) is -0.392. The second-order valence-corrected chi connectivity index (χ2v) is 3.36. The van der Waals surface area contributed by atoms with Gasteiger partial charge in [-0.05, 0) is 6.42 Å². The van der Waals surface area contributed by atoms with E-state index in [1.807, 2.05) is 6.92 Å². The van der Waals surface area contributed by atoms with Gasteiger partial charge in [-0.1, -0.05) is 6.92 Å². The first-order chi connectivity index (χ1) is 4.99. The summed E-state index contributed by atoms with van der Waals surface area (Å²) >= 11 is 0. The van der Waals surface area contributed by atoms with Gasteiger partial charge in [0.15, 0.2) is 0 Å². The van der Waals surface area contributed by atoms with Gasteiger partial charge in [-0.25, -0.2) is 5.14 Å². The second-order valence-electron chi connectivity index (χ2n) is 2.07. The third kappa shape index (κ3) is 5.81. The summed E-state index contributed by atoms with van der Waals surface area (Å²) in [6.07, 6.45) is 1.42. The average Bonchev–Trinajstić information content (AvgIpc) is 1.84. The fraction of sp³-hybridized carbons (Fsp3) is 0.800. The molecule has 0 atom stereocenters. The molecule has 0 saturated heterocycles. The Labute approximate surface area is 66.9 Å². The van der Waals surface area contributed by atoms with Crippen molar-refractivity contribution in [2.24, 2.45) is 10.1 Å². The molecule has 0 heterocycles. The van der Waals surface area contributed by atoms with Crippen LogP contribution in [0.1, 0.15) is 19.8 Å². The number of amidine groups is 1. The maximum atomic E-state index is 10.5. The van der Waals surface area contributed by atoms with Crippen LogP contribution in [0.15, 0.2) is 4.99 Å². The summed E-state index contributed by atoms with van der Waals surface area (Å²) in [7, 11) is -2.12. The summed E-state index contributed by atoms with van der Waals surface area (Å²) in [5, 5.41) is 4.72. The Morgan fingerprint density at radius 2 is 2.18 bits per heavy atom. The molecule has 0 saturated carbocycles. The SMILES string of the molecule is CCCC(=NC)NS(N)(=O)=O. The Morgan fingerprint density at radius 3 is 2.45 bits per heavy atom. The first-order valence-corrected chi connectivity index (χ1v) is 4.80. The zero-order valence-corrected chi connectivity index (χ0v) is 7.48. The molecule has 0 amide bonds. The number of aliphatic imine (C=N–C) groups is 1. The van der Waals surface area contributed by atoms with Crippen LogP contribution in [0.2, 0.25) is 0 Å². The molecule has 0 aliphatic carbocycles. The quantitative estimate of drug-likeness (QED) is 0.456. The van der Waals surface area contributed by atoms with Crippen LogP contribution in [-0.4, -0.2) is 21.3 Å². The summed E-state index contributed by atoms with van der Waals surface area (Å²) < 4.78 is 23.0. The van der Waals surface area contributed by atoms with Gasteiger partial charge in [-0.2, -0.15) is 8.42 Å². The number of nitrogens with two attached hydrogens (primary N) is 1. The number of nitrogens with one attached hydrogen (secondary N) is 1. The van der Waals surface area contributed by atoms with E-state index >= 15 is 0 Å². The van der Waals surface area contributed by atoms with E-state index in [1.54, 1.807) is 0 Å². The summed E-state index contributed by atoms with van der Waals surface area (Å²) in [6, 6.07) is 0. The van der Waals surface area contributed by atoms with E-state index in [0.29, 0.717) is 12.3 Å². The molecule has 0 radical (unpaired) electrons. The van der Waals surface area contributed by atoms with Gasteiger partial charge in [0, 0.05) is 13.5 Å². The second kappa shape index (κ2) is 4.30. The molecule has 0 aromatic heterocycles. The van der Waals surface area contributed by atoms with E-state index in [-0.39, 0.29) is 0 Å². The standard InChI is InChI=1S/C5H13N3O2S/c1-3-4-5(7-2)8-11(6,9)10/h3-4H2,1-2H3,(H,7,8)(H2,6,9,10). The van der Waals surface area contributed by atoms with Crippen molar-refractivity contribution in [3.63, 3.8) is 0 Å². The van der Waals surface area contributed by atoms with Crippen molar-refractivity contribution in [1.29, 1.82) is 0 Å². The van der Waals surface area contributed by atoms with E-state index < -0.39 is 10.2 Å². The maximum absolute atomic E-state index is 10.5. The van der Waals surface area contributed by atoms with Gasteiger partial charge in [0.05, 0.1) is 0 Å². The fourth-order valence-electron chi connectivity index (χ4n) is 0.609. The Hall–Kier alpha value is -0.620. The van der Waals surface area contributed by atoms with E-state index in [1.165, 1.54) is 7.05 Å². The molecule has 0 bridgehead atoms. The largest absolute Gasteiger partial charge is 0.297 e. The molecule has 0 aliphatic rings. The molecule has 0 aromatic rings. The smallest absolute Gasteiger partial charge is 0.275 e. The highest BCUT2D eigenvalue weighted by Crippen LogP contribution is 1.88. The van der Waals surface area contributed by atoms with E-state index in [0.717, 1.165) is 6.42 Å². The molecule has 0 aromatic carbocycles. The molecule has 6 heteroatoms. The topological polar surface area (TPSA) is 84.5 Å². The third-order valence-electron chi connectivity index (χ3n) is 1.02. The lowest BCUT2D eigenvalue weighted by atomic mass is 10.3. The van der Waals surface area contributed by atoms with Crippen molar-refractivity contribution >= 4 is 16.0 Å². The number of hydrogen-bond acceptors (Lipinski definition) is 3. The molecule has 66 valence electrons. The summed E-state index contributed by atoms with van der Waals surface area (Å²) in [4.78, 5) is 3.71. The molecule has 11 heavy (non-hydrogen) atoms. The van der Waals surface area contributed by atoms with Crippen molar-refractivity contribution in [2.75, 3.05) is 7.05 Å². The van der Waals surface area contributed by atoms with Crippen molar-refractivity contribution in [3.05, 3.63) is 0 Å². The predicted molar refractivity (Wildman–Crippen MR) is 44.5 cm³/mol. The number of hydrogen-bond donors (Lipinski definition) is 2. The van der Waals surface area contributed by atoms with Crippen molar-refractivity contribution in [1.82, 2.24) is 4.72 Å². The van der Waals surface area contributed by atoms with Crippen LogP contribution in [0.25, 0.3) is 0 Å². The summed E-state index contributed by atoms with van der Waals surface area (Å²) in [5.74, 6) is 0.398. The van der Waals surface area contributed by atoms with Crippen molar-refractivity contribution in [3.8, 4) is 0 Å². The summed E-state index contributed by atoms with van der Waals surface area (Å²) in [5.41, 5.74) is 0. The average molecular weight is 179 g/mol. The molecule has 0 rings (SSSR count). The van der Waals surface area contributed by atoms with Crippen LogP contribution in [0.5, 0.6) is 0 Å². The fourth-order valence-corrected chi connectivity index (χ4v) is 1.13. The normalized spacial score (nSPS) is 13.2. The lowest BCUT2D eigenvalue weighted by molar-refractivity contribution is 0.593. The maximum Gasteiger partial charge on any atom is 0.297 e. The van der Waals surface area contributed by atoms with Gasteiger partial charge >= 0.3 is 0 Å². The van der Waals surface area contributed by atoms with Crippen LogP contribution in [0, 0.1) is 0 Å². The lowest BCUT2D eigenvalue weighted by Crippen LogP contribution is -2.35. The van der Waals surface area contributed by atoms with Gasteiger partial charge in [0.1, 0.15) is 5.84 Å². The first-order valence-electron chi connectivity index (χ1n) is 3.25. The van der Waals surface area contributed by atoms with E-state index in [9.17, 15) is 8.42 Å². The van der Waals surface area contributed by atoms with Gasteiger partial charge < -0.3 is 0 Å². The van der Waals surface area contributed by atoms with Crippen LogP contribution in [0.3, 0.4) is 0 Å². The minimum atomic E-state index is -3.64. The minimum Gasteiger partial charge on any atom is -0.275 e. The summed E-state index contributed by atoms with van der Waals surface area (Å²) in [6.45, 7) is 1.93. The molecule has 0 fully saturated rings. The molecular formula is C5H13N3O2S.